The zero-order chi connectivity index (χ0) is 16.5. The van der Waals surface area contributed by atoms with Crippen molar-refractivity contribution in [2.24, 2.45) is 0 Å². The molecule has 0 saturated carbocycles. The van der Waals surface area contributed by atoms with Gasteiger partial charge in [0.05, 0.1) is 18.7 Å². The average Bonchev–Trinajstić information content (AvgIpc) is 3.26. The molecule has 6 nitrogen and oxygen atoms in total. The summed E-state index contributed by atoms with van der Waals surface area (Å²) in [6.45, 7) is 3.65. The molecular formula is C18H21N5O. The third-order valence-electron chi connectivity index (χ3n) is 4.98. The van der Waals surface area contributed by atoms with Gasteiger partial charge in [0.25, 0.3) is 0 Å². The normalized spacial score (nSPS) is 16.0. The van der Waals surface area contributed by atoms with Gasteiger partial charge in [-0.05, 0) is 30.9 Å². The summed E-state index contributed by atoms with van der Waals surface area (Å²) in [5.41, 5.74) is 3.42. The van der Waals surface area contributed by atoms with Crippen LogP contribution in [0.25, 0.3) is 10.9 Å². The molecule has 6 heteroatoms. The molecule has 3 heterocycles. The number of aryl methyl sites for hydroxylation is 1. The van der Waals surface area contributed by atoms with Crippen LogP contribution in [-0.2, 0) is 11.2 Å². The SMILES string of the molecule is Cc1cccc2c(CC(=O)N3CCC(n4ccnn4)CC3)c[nH]c12. The maximum Gasteiger partial charge on any atom is 0.227 e. The van der Waals surface area contributed by atoms with Crippen LogP contribution in [0.1, 0.15) is 30.0 Å². The van der Waals surface area contributed by atoms with Crippen LogP contribution in [0.3, 0.4) is 0 Å². The topological polar surface area (TPSA) is 66.8 Å². The first kappa shape index (κ1) is 14.9. The van der Waals surface area contributed by atoms with E-state index in [1.54, 1.807) is 6.20 Å². The Morgan fingerprint density at radius 2 is 2.17 bits per heavy atom. The first-order valence-electron chi connectivity index (χ1n) is 8.41. The lowest BCUT2D eigenvalue weighted by molar-refractivity contribution is -0.131. The second-order valence-electron chi connectivity index (χ2n) is 6.48. The van der Waals surface area contributed by atoms with E-state index in [4.69, 9.17) is 0 Å². The lowest BCUT2D eigenvalue weighted by Gasteiger charge is -2.31. The van der Waals surface area contributed by atoms with E-state index in [1.807, 2.05) is 28.0 Å². The third kappa shape index (κ3) is 2.68. The predicted molar refractivity (Wildman–Crippen MR) is 91.6 cm³/mol. The Labute approximate surface area is 140 Å². The number of piperidine rings is 1. The van der Waals surface area contributed by atoms with Crippen molar-refractivity contribution in [3.8, 4) is 0 Å². The number of amides is 1. The Hall–Kier alpha value is -2.63. The minimum Gasteiger partial charge on any atom is -0.361 e. The van der Waals surface area contributed by atoms with Crippen molar-refractivity contribution in [1.82, 2.24) is 24.9 Å². The number of fused-ring (bicyclic) bond motifs is 1. The van der Waals surface area contributed by atoms with Gasteiger partial charge in [0.15, 0.2) is 0 Å². The van der Waals surface area contributed by atoms with E-state index in [1.165, 1.54) is 5.56 Å². The lowest BCUT2D eigenvalue weighted by Crippen LogP contribution is -2.39. The Bertz CT molecular complexity index is 844. The Morgan fingerprint density at radius 3 is 2.92 bits per heavy atom. The van der Waals surface area contributed by atoms with Gasteiger partial charge in [-0.2, -0.15) is 0 Å². The zero-order valence-corrected chi connectivity index (χ0v) is 13.8. The number of likely N-dealkylation sites (tertiary alicyclic amines) is 1. The van der Waals surface area contributed by atoms with Crippen molar-refractivity contribution in [2.75, 3.05) is 13.1 Å². The number of benzene rings is 1. The van der Waals surface area contributed by atoms with Crippen molar-refractivity contribution in [2.45, 2.75) is 32.2 Å². The van der Waals surface area contributed by atoms with Gasteiger partial charge in [-0.25, -0.2) is 4.68 Å². The first-order chi connectivity index (χ1) is 11.7. The molecule has 1 saturated heterocycles. The quantitative estimate of drug-likeness (QED) is 0.805. The van der Waals surface area contributed by atoms with Gasteiger partial charge in [-0.1, -0.05) is 23.4 Å². The predicted octanol–water partition coefficient (Wildman–Crippen LogP) is 2.47. The summed E-state index contributed by atoms with van der Waals surface area (Å²) in [6.07, 6.45) is 7.90. The molecule has 1 amide bonds. The highest BCUT2D eigenvalue weighted by Crippen LogP contribution is 2.24. The number of carbonyl (C=O) groups is 1. The third-order valence-corrected chi connectivity index (χ3v) is 4.98. The number of nitrogens with zero attached hydrogens (tertiary/aromatic N) is 4. The summed E-state index contributed by atoms with van der Waals surface area (Å²) in [6, 6.07) is 6.56. The lowest BCUT2D eigenvalue weighted by atomic mass is 10.0. The maximum absolute atomic E-state index is 12.7. The molecule has 4 rings (SSSR count). The van der Waals surface area contributed by atoms with E-state index >= 15 is 0 Å². The molecule has 24 heavy (non-hydrogen) atoms. The molecule has 1 fully saturated rings. The molecule has 0 aliphatic carbocycles. The van der Waals surface area contributed by atoms with Crippen LogP contribution < -0.4 is 0 Å². The second-order valence-corrected chi connectivity index (χ2v) is 6.48. The van der Waals surface area contributed by atoms with Crippen LogP contribution >= 0.6 is 0 Å². The molecule has 3 aromatic rings. The highest BCUT2D eigenvalue weighted by Gasteiger charge is 2.24. The second kappa shape index (κ2) is 6.11. The van der Waals surface area contributed by atoms with Crippen LogP contribution in [0.15, 0.2) is 36.8 Å². The summed E-state index contributed by atoms with van der Waals surface area (Å²) < 4.78 is 1.91. The van der Waals surface area contributed by atoms with E-state index in [-0.39, 0.29) is 5.91 Å². The molecule has 0 bridgehead atoms. The maximum atomic E-state index is 12.7. The molecule has 0 spiro atoms. The molecule has 1 aromatic carbocycles. The van der Waals surface area contributed by atoms with Crippen LogP contribution in [-0.4, -0.2) is 43.9 Å². The van der Waals surface area contributed by atoms with E-state index in [2.05, 4.69) is 34.4 Å². The van der Waals surface area contributed by atoms with Gasteiger partial charge in [-0.15, -0.1) is 5.10 Å². The summed E-state index contributed by atoms with van der Waals surface area (Å²) >= 11 is 0. The fourth-order valence-electron chi connectivity index (χ4n) is 3.58. The summed E-state index contributed by atoms with van der Waals surface area (Å²) in [5.74, 6) is 0.203. The monoisotopic (exact) mass is 323 g/mol. The van der Waals surface area contributed by atoms with E-state index < -0.39 is 0 Å². The molecule has 0 radical (unpaired) electrons. The van der Waals surface area contributed by atoms with Gasteiger partial charge < -0.3 is 9.88 Å². The molecule has 1 N–H and O–H groups in total. The van der Waals surface area contributed by atoms with Gasteiger partial charge in [0, 0.05) is 36.4 Å². The fourth-order valence-corrected chi connectivity index (χ4v) is 3.58. The smallest absolute Gasteiger partial charge is 0.227 e. The highest BCUT2D eigenvalue weighted by molar-refractivity contribution is 5.90. The first-order valence-corrected chi connectivity index (χ1v) is 8.41. The number of hydrogen-bond acceptors (Lipinski definition) is 3. The van der Waals surface area contributed by atoms with Crippen molar-refractivity contribution < 1.29 is 4.79 Å². The summed E-state index contributed by atoms with van der Waals surface area (Å²) in [5, 5.41) is 9.09. The van der Waals surface area contributed by atoms with Crippen LogP contribution in [0, 0.1) is 6.92 Å². The molecular weight excluding hydrogens is 302 g/mol. The van der Waals surface area contributed by atoms with Gasteiger partial charge in [0.1, 0.15) is 0 Å². The number of aromatic amines is 1. The van der Waals surface area contributed by atoms with Crippen LogP contribution in [0.4, 0.5) is 0 Å². The van der Waals surface area contributed by atoms with E-state index in [0.29, 0.717) is 12.5 Å². The van der Waals surface area contributed by atoms with E-state index in [9.17, 15) is 4.79 Å². The number of carbonyl (C=O) groups excluding carboxylic acids is 1. The minimum absolute atomic E-state index is 0.203. The number of para-hydroxylation sites is 1. The Morgan fingerprint density at radius 1 is 1.33 bits per heavy atom. The van der Waals surface area contributed by atoms with Crippen LogP contribution in [0.2, 0.25) is 0 Å². The van der Waals surface area contributed by atoms with Gasteiger partial charge >= 0.3 is 0 Å². The largest absolute Gasteiger partial charge is 0.361 e. The molecule has 1 aliphatic heterocycles. The summed E-state index contributed by atoms with van der Waals surface area (Å²) in [4.78, 5) is 17.9. The number of aromatic nitrogens is 4. The fraction of sp³-hybridized carbons (Fsp3) is 0.389. The molecule has 0 atom stereocenters. The highest BCUT2D eigenvalue weighted by atomic mass is 16.2. The molecule has 0 unspecified atom stereocenters. The van der Waals surface area contributed by atoms with Gasteiger partial charge in [-0.3, -0.25) is 4.79 Å². The number of H-pyrrole nitrogens is 1. The standard InChI is InChI=1S/C18H21N5O/c1-13-3-2-4-16-14(12-19-18(13)16)11-17(24)22-8-5-15(6-9-22)23-10-7-20-21-23/h2-4,7,10,12,15,19H,5-6,8-9,11H2,1H3. The number of hydrogen-bond donors (Lipinski definition) is 1. The molecule has 1 aliphatic rings. The van der Waals surface area contributed by atoms with Gasteiger partial charge in [0.2, 0.25) is 5.91 Å². The average molecular weight is 323 g/mol. The van der Waals surface area contributed by atoms with E-state index in [0.717, 1.165) is 42.4 Å². The zero-order valence-electron chi connectivity index (χ0n) is 13.8. The minimum atomic E-state index is 0.203. The Kier molecular flexibility index (Phi) is 3.80. The van der Waals surface area contributed by atoms with Crippen molar-refractivity contribution in [1.29, 1.82) is 0 Å². The van der Waals surface area contributed by atoms with Crippen molar-refractivity contribution in [3.05, 3.63) is 47.9 Å². The number of nitrogens with one attached hydrogen (secondary N) is 1. The number of rotatable bonds is 3. The van der Waals surface area contributed by atoms with Crippen LogP contribution in [0.5, 0.6) is 0 Å². The van der Waals surface area contributed by atoms with Crippen molar-refractivity contribution >= 4 is 16.8 Å². The summed E-state index contributed by atoms with van der Waals surface area (Å²) in [7, 11) is 0. The van der Waals surface area contributed by atoms with Crippen molar-refractivity contribution in [3.63, 3.8) is 0 Å². The Balaban J connectivity index is 1.42. The molecule has 2 aromatic heterocycles. The molecule has 124 valence electrons.